The van der Waals surface area contributed by atoms with E-state index in [1.54, 1.807) is 18.2 Å². The number of carbonyl (C=O) groups is 2. The number of nitrogens with zero attached hydrogens (tertiary/aromatic N) is 4. The molecular weight excluding hydrogens is 340 g/mol. The summed E-state index contributed by atoms with van der Waals surface area (Å²) in [6.07, 6.45) is 0. The Morgan fingerprint density at radius 1 is 1.23 bits per heavy atom. The minimum atomic E-state index is -1.64. The largest absolute Gasteiger partial charge is 0.478 e. The van der Waals surface area contributed by atoms with Crippen LogP contribution in [0.5, 0.6) is 0 Å². The van der Waals surface area contributed by atoms with Crippen molar-refractivity contribution in [3.63, 3.8) is 0 Å². The molecular formula is C17H14N4O5. The lowest BCUT2D eigenvalue weighted by Crippen LogP contribution is -2.43. The zero-order valence-electron chi connectivity index (χ0n) is 14.1. The molecule has 2 N–H and O–H groups in total. The predicted molar refractivity (Wildman–Crippen MR) is 87.5 cm³/mol. The Hall–Kier alpha value is -3.67. The highest BCUT2D eigenvalue weighted by atomic mass is 16.6. The van der Waals surface area contributed by atoms with Gasteiger partial charge < -0.3 is 15.1 Å². The molecule has 1 aliphatic rings. The molecule has 0 spiro atoms. The highest BCUT2D eigenvalue weighted by Crippen LogP contribution is 2.48. The summed E-state index contributed by atoms with van der Waals surface area (Å²) in [6, 6.07) is 6.66. The maximum absolute atomic E-state index is 12.1. The van der Waals surface area contributed by atoms with Crippen LogP contribution in [0.15, 0.2) is 45.4 Å². The normalized spacial score (nSPS) is 20.5. The van der Waals surface area contributed by atoms with Gasteiger partial charge in [-0.25, -0.2) is 14.2 Å². The maximum atomic E-state index is 12.1. The quantitative estimate of drug-likeness (QED) is 0.841. The van der Waals surface area contributed by atoms with Crippen molar-refractivity contribution in [2.24, 2.45) is 0 Å². The fourth-order valence-corrected chi connectivity index (χ4v) is 3.52. The van der Waals surface area contributed by atoms with Gasteiger partial charge in [0.15, 0.2) is 0 Å². The van der Waals surface area contributed by atoms with Crippen molar-refractivity contribution in [2.75, 3.05) is 7.05 Å². The number of rotatable bonds is 3. The van der Waals surface area contributed by atoms with E-state index in [9.17, 15) is 25.1 Å². The molecule has 0 fully saturated rings. The van der Waals surface area contributed by atoms with Crippen LogP contribution in [-0.4, -0.2) is 44.4 Å². The molecule has 3 rings (SSSR count). The first kappa shape index (κ1) is 17.2. The molecule has 1 atom stereocenters. The monoisotopic (exact) mass is 354 g/mol. The van der Waals surface area contributed by atoms with Gasteiger partial charge in [0.05, 0.1) is 16.6 Å². The standard InChI is InChI=1S/C17H14N4O5/c1-8-12(15(22)23)17(2,13(16(24)25)11(7-18)21(8)3)9-5-4-6-10-14(9)20-26-19-10/h4-6H,1-3H3,(H,22,23)(H,24,25). The number of allylic oxidation sites excluding steroid dienone is 2. The topological polar surface area (TPSA) is 141 Å². The van der Waals surface area contributed by atoms with E-state index in [1.807, 2.05) is 6.07 Å². The Morgan fingerprint density at radius 2 is 1.88 bits per heavy atom. The van der Waals surface area contributed by atoms with Crippen LogP contribution in [-0.2, 0) is 15.0 Å². The third kappa shape index (κ3) is 2.09. The zero-order chi connectivity index (χ0) is 19.2. The molecule has 132 valence electrons. The van der Waals surface area contributed by atoms with E-state index in [2.05, 4.69) is 10.3 Å². The summed E-state index contributed by atoms with van der Waals surface area (Å²) >= 11 is 0. The van der Waals surface area contributed by atoms with E-state index >= 15 is 0 Å². The van der Waals surface area contributed by atoms with E-state index in [0.717, 1.165) is 0 Å². The number of fused-ring (bicyclic) bond motifs is 1. The molecule has 0 radical (unpaired) electrons. The molecule has 1 unspecified atom stereocenters. The molecule has 0 aliphatic carbocycles. The van der Waals surface area contributed by atoms with Gasteiger partial charge in [0, 0.05) is 12.7 Å². The number of nitriles is 1. The first-order valence-electron chi connectivity index (χ1n) is 7.53. The van der Waals surface area contributed by atoms with E-state index < -0.39 is 17.4 Å². The maximum Gasteiger partial charge on any atom is 0.335 e. The molecule has 0 bridgehead atoms. The summed E-state index contributed by atoms with van der Waals surface area (Å²) < 4.78 is 4.73. The molecule has 0 amide bonds. The van der Waals surface area contributed by atoms with Crippen LogP contribution in [0.1, 0.15) is 19.4 Å². The molecule has 1 aromatic carbocycles. The average molecular weight is 354 g/mol. The lowest BCUT2D eigenvalue weighted by molar-refractivity contribution is -0.134. The van der Waals surface area contributed by atoms with E-state index in [0.29, 0.717) is 5.52 Å². The minimum absolute atomic E-state index is 0.143. The Bertz CT molecular complexity index is 1060. The van der Waals surface area contributed by atoms with Gasteiger partial charge in [-0.2, -0.15) is 5.26 Å². The van der Waals surface area contributed by atoms with Crippen LogP contribution in [0.25, 0.3) is 11.0 Å². The first-order chi connectivity index (χ1) is 12.2. The molecule has 1 aliphatic heterocycles. The fourth-order valence-electron chi connectivity index (χ4n) is 3.52. The molecule has 2 heterocycles. The van der Waals surface area contributed by atoms with Crippen molar-refractivity contribution in [2.45, 2.75) is 19.3 Å². The van der Waals surface area contributed by atoms with Crippen molar-refractivity contribution in [3.05, 3.63) is 46.3 Å². The molecule has 9 heteroatoms. The number of aliphatic carboxylic acids is 2. The Balaban J connectivity index is 2.52. The molecule has 0 saturated heterocycles. The van der Waals surface area contributed by atoms with Crippen LogP contribution >= 0.6 is 0 Å². The lowest BCUT2D eigenvalue weighted by atomic mass is 9.66. The summed E-state index contributed by atoms with van der Waals surface area (Å²) in [4.78, 5) is 25.5. The smallest absolute Gasteiger partial charge is 0.335 e. The van der Waals surface area contributed by atoms with Crippen LogP contribution in [0.2, 0.25) is 0 Å². The van der Waals surface area contributed by atoms with Gasteiger partial charge in [0.25, 0.3) is 0 Å². The van der Waals surface area contributed by atoms with Gasteiger partial charge >= 0.3 is 11.9 Å². The number of carboxylic acid groups (broad SMARTS) is 2. The fraction of sp³-hybridized carbons (Fsp3) is 0.235. The summed E-state index contributed by atoms with van der Waals surface area (Å²) in [6.45, 7) is 2.98. The Labute approximate surface area is 147 Å². The summed E-state index contributed by atoms with van der Waals surface area (Å²) in [7, 11) is 1.46. The molecule has 2 aromatic rings. The third-order valence-electron chi connectivity index (χ3n) is 4.80. The molecule has 1 aromatic heterocycles. The number of hydrogen-bond acceptors (Lipinski definition) is 7. The van der Waals surface area contributed by atoms with Gasteiger partial charge in [-0.15, -0.1) is 0 Å². The number of aromatic nitrogens is 2. The van der Waals surface area contributed by atoms with Crippen molar-refractivity contribution < 1.29 is 24.4 Å². The third-order valence-corrected chi connectivity index (χ3v) is 4.80. The second-order valence-corrected chi connectivity index (χ2v) is 6.03. The summed E-state index contributed by atoms with van der Waals surface area (Å²) in [5.74, 6) is -2.68. The van der Waals surface area contributed by atoms with Crippen LogP contribution < -0.4 is 0 Å². The van der Waals surface area contributed by atoms with Crippen molar-refractivity contribution in [3.8, 4) is 6.07 Å². The second kappa shape index (κ2) is 5.70. The Morgan fingerprint density at radius 3 is 2.46 bits per heavy atom. The Kier molecular flexibility index (Phi) is 3.76. The highest BCUT2D eigenvalue weighted by Gasteiger charge is 2.50. The zero-order valence-corrected chi connectivity index (χ0v) is 14.1. The van der Waals surface area contributed by atoms with E-state index in [1.165, 1.54) is 25.8 Å². The SMILES string of the molecule is CC1=C(C(=O)O)C(C)(c2cccc3nonc23)C(C(=O)O)=C(C#N)N1C. The number of carboxylic acids is 2. The highest BCUT2D eigenvalue weighted by molar-refractivity contribution is 6.02. The van der Waals surface area contributed by atoms with Gasteiger partial charge in [-0.05, 0) is 35.8 Å². The number of benzene rings is 1. The van der Waals surface area contributed by atoms with Gasteiger partial charge in [0.1, 0.15) is 22.8 Å². The van der Waals surface area contributed by atoms with Crippen LogP contribution in [0.3, 0.4) is 0 Å². The molecule has 9 nitrogen and oxygen atoms in total. The number of hydrogen-bond donors (Lipinski definition) is 2. The van der Waals surface area contributed by atoms with Crippen LogP contribution in [0, 0.1) is 11.3 Å². The van der Waals surface area contributed by atoms with Crippen molar-refractivity contribution in [1.82, 2.24) is 15.2 Å². The van der Waals surface area contributed by atoms with Crippen molar-refractivity contribution in [1.29, 1.82) is 5.26 Å². The lowest BCUT2D eigenvalue weighted by Gasteiger charge is -2.40. The summed E-state index contributed by atoms with van der Waals surface area (Å²) in [5, 5.41) is 36.8. The second-order valence-electron chi connectivity index (χ2n) is 6.03. The summed E-state index contributed by atoms with van der Waals surface area (Å²) in [5.41, 5.74) is -1.15. The van der Waals surface area contributed by atoms with E-state index in [-0.39, 0.29) is 33.6 Å². The molecule has 26 heavy (non-hydrogen) atoms. The average Bonchev–Trinajstić information content (AvgIpc) is 3.05. The van der Waals surface area contributed by atoms with Gasteiger partial charge in [-0.3, -0.25) is 0 Å². The predicted octanol–water partition coefficient (Wildman–Crippen LogP) is 1.65. The van der Waals surface area contributed by atoms with Crippen molar-refractivity contribution >= 4 is 23.0 Å². The minimum Gasteiger partial charge on any atom is -0.478 e. The van der Waals surface area contributed by atoms with E-state index in [4.69, 9.17) is 4.63 Å². The van der Waals surface area contributed by atoms with Gasteiger partial charge in [0.2, 0.25) is 0 Å². The molecule has 0 saturated carbocycles. The van der Waals surface area contributed by atoms with Gasteiger partial charge in [-0.1, -0.05) is 12.1 Å². The van der Waals surface area contributed by atoms with Crippen LogP contribution in [0.4, 0.5) is 0 Å². The first-order valence-corrected chi connectivity index (χ1v) is 7.53.